The molecule has 2 aromatic rings. The van der Waals surface area contributed by atoms with E-state index in [0.717, 1.165) is 42.9 Å². The lowest BCUT2D eigenvalue weighted by Crippen LogP contribution is -2.09. The Morgan fingerprint density at radius 3 is 2.56 bits per heavy atom. The number of ether oxygens (including phenoxy) is 2. The first-order valence-corrected chi connectivity index (χ1v) is 8.17. The zero-order valence-electron chi connectivity index (χ0n) is 15.1. The van der Waals surface area contributed by atoms with Crippen LogP contribution in [0.3, 0.4) is 0 Å². The zero-order valence-corrected chi connectivity index (χ0v) is 15.1. The Morgan fingerprint density at radius 2 is 2.00 bits per heavy atom. The van der Waals surface area contributed by atoms with Crippen molar-refractivity contribution < 1.29 is 29.3 Å². The van der Waals surface area contributed by atoms with E-state index in [1.807, 2.05) is 29.0 Å². The topological polar surface area (TPSA) is 124 Å². The SMILES string of the molecule is C=CCc1cc(OC)ccc1OCCCCn1cncn1.O=C(O)C(=O)O. The molecule has 0 atom stereocenters. The van der Waals surface area contributed by atoms with E-state index in [9.17, 15) is 0 Å². The fraction of sp³-hybridized carbons (Fsp3) is 0.333. The molecule has 0 aliphatic heterocycles. The molecule has 1 aromatic carbocycles. The van der Waals surface area contributed by atoms with Crippen LogP contribution in [0.25, 0.3) is 0 Å². The second-order valence-corrected chi connectivity index (χ2v) is 5.29. The Morgan fingerprint density at radius 1 is 1.26 bits per heavy atom. The Bertz CT molecular complexity index is 719. The second-order valence-electron chi connectivity index (χ2n) is 5.29. The highest BCUT2D eigenvalue weighted by atomic mass is 16.5. The molecule has 27 heavy (non-hydrogen) atoms. The van der Waals surface area contributed by atoms with Crippen molar-refractivity contribution in [3.05, 3.63) is 49.1 Å². The Labute approximate surface area is 156 Å². The van der Waals surface area contributed by atoms with E-state index in [0.29, 0.717) is 6.61 Å². The largest absolute Gasteiger partial charge is 0.497 e. The molecule has 0 bridgehead atoms. The van der Waals surface area contributed by atoms with Crippen LogP contribution >= 0.6 is 0 Å². The van der Waals surface area contributed by atoms with E-state index in [1.165, 1.54) is 0 Å². The van der Waals surface area contributed by atoms with Gasteiger partial charge in [0.15, 0.2) is 0 Å². The molecule has 0 radical (unpaired) electrons. The number of hydrogen-bond acceptors (Lipinski definition) is 6. The summed E-state index contributed by atoms with van der Waals surface area (Å²) in [4.78, 5) is 22.1. The van der Waals surface area contributed by atoms with Crippen molar-refractivity contribution in [3.8, 4) is 11.5 Å². The minimum absolute atomic E-state index is 0.686. The fourth-order valence-corrected chi connectivity index (χ4v) is 2.04. The smallest absolute Gasteiger partial charge is 0.414 e. The maximum absolute atomic E-state index is 9.10. The molecule has 2 N–H and O–H groups in total. The van der Waals surface area contributed by atoms with Crippen LogP contribution in [0.2, 0.25) is 0 Å². The van der Waals surface area contributed by atoms with Gasteiger partial charge in [0.1, 0.15) is 24.2 Å². The number of aliphatic carboxylic acids is 2. The lowest BCUT2D eigenvalue weighted by atomic mass is 10.1. The molecule has 0 unspecified atom stereocenters. The van der Waals surface area contributed by atoms with Gasteiger partial charge in [-0.25, -0.2) is 14.6 Å². The van der Waals surface area contributed by atoms with E-state index < -0.39 is 11.9 Å². The summed E-state index contributed by atoms with van der Waals surface area (Å²) in [6, 6.07) is 5.86. The molecular weight excluding hydrogens is 354 g/mol. The van der Waals surface area contributed by atoms with Crippen molar-refractivity contribution in [1.29, 1.82) is 0 Å². The third-order valence-electron chi connectivity index (χ3n) is 3.32. The van der Waals surface area contributed by atoms with Crippen molar-refractivity contribution >= 4 is 11.9 Å². The summed E-state index contributed by atoms with van der Waals surface area (Å²) in [7, 11) is 1.66. The minimum Gasteiger partial charge on any atom is -0.497 e. The molecule has 0 amide bonds. The van der Waals surface area contributed by atoms with Gasteiger partial charge in [0.2, 0.25) is 0 Å². The van der Waals surface area contributed by atoms with Crippen molar-refractivity contribution in [2.24, 2.45) is 0 Å². The standard InChI is InChI=1S/C16H21N3O2.C2H2O4/c1-3-6-14-11-15(20-2)7-8-16(14)21-10-5-4-9-19-13-17-12-18-19;3-1(4)2(5)6/h3,7-8,11-13H,1,4-6,9-10H2,2H3;(H,3,4)(H,5,6). The monoisotopic (exact) mass is 377 g/mol. The molecule has 0 aliphatic rings. The molecule has 1 aromatic heterocycles. The van der Waals surface area contributed by atoms with Gasteiger partial charge >= 0.3 is 11.9 Å². The van der Waals surface area contributed by atoms with Crippen LogP contribution in [-0.4, -0.2) is 50.6 Å². The Hall–Kier alpha value is -3.36. The van der Waals surface area contributed by atoms with Crippen molar-refractivity contribution in [2.75, 3.05) is 13.7 Å². The van der Waals surface area contributed by atoms with Crippen LogP contribution in [0.1, 0.15) is 18.4 Å². The van der Waals surface area contributed by atoms with Crippen LogP contribution in [0.15, 0.2) is 43.5 Å². The summed E-state index contributed by atoms with van der Waals surface area (Å²) >= 11 is 0. The average Bonchev–Trinajstić information content (AvgIpc) is 3.16. The summed E-state index contributed by atoms with van der Waals surface area (Å²) in [5, 5.41) is 18.9. The number of hydrogen-bond donors (Lipinski definition) is 2. The number of carboxylic acids is 2. The fourth-order valence-electron chi connectivity index (χ4n) is 2.04. The summed E-state index contributed by atoms with van der Waals surface area (Å²) in [5.41, 5.74) is 1.10. The number of allylic oxidation sites excluding steroid dienone is 1. The molecule has 0 saturated carbocycles. The summed E-state index contributed by atoms with van der Waals surface area (Å²) < 4.78 is 12.9. The van der Waals surface area contributed by atoms with E-state index in [2.05, 4.69) is 16.7 Å². The predicted octanol–water partition coefficient (Wildman–Crippen LogP) is 2.03. The molecule has 0 fully saturated rings. The lowest BCUT2D eigenvalue weighted by Gasteiger charge is -2.12. The number of carbonyl (C=O) groups is 2. The number of aromatic nitrogens is 3. The Balaban J connectivity index is 0.000000527. The number of unbranched alkanes of at least 4 members (excludes halogenated alkanes) is 1. The molecule has 0 saturated heterocycles. The first-order chi connectivity index (χ1) is 13.0. The van der Waals surface area contributed by atoms with Gasteiger partial charge in [-0.1, -0.05) is 6.08 Å². The third kappa shape index (κ3) is 8.52. The molecule has 0 aliphatic carbocycles. The van der Waals surface area contributed by atoms with Gasteiger partial charge in [0.05, 0.1) is 13.7 Å². The van der Waals surface area contributed by atoms with Gasteiger partial charge in [-0.2, -0.15) is 5.10 Å². The highest BCUT2D eigenvalue weighted by molar-refractivity contribution is 6.27. The third-order valence-corrected chi connectivity index (χ3v) is 3.32. The maximum Gasteiger partial charge on any atom is 0.414 e. The number of nitrogens with zero attached hydrogens (tertiary/aromatic N) is 3. The van der Waals surface area contributed by atoms with Gasteiger partial charge in [0.25, 0.3) is 0 Å². The molecule has 9 heteroatoms. The zero-order chi connectivity index (χ0) is 20.1. The molecule has 146 valence electrons. The minimum atomic E-state index is -1.82. The van der Waals surface area contributed by atoms with Crippen molar-refractivity contribution in [2.45, 2.75) is 25.8 Å². The first-order valence-electron chi connectivity index (χ1n) is 8.17. The van der Waals surface area contributed by atoms with E-state index in [4.69, 9.17) is 29.3 Å². The Kier molecular flexibility index (Phi) is 9.69. The van der Waals surface area contributed by atoms with Gasteiger partial charge in [-0.15, -0.1) is 6.58 Å². The second kappa shape index (κ2) is 12.1. The van der Waals surface area contributed by atoms with E-state index in [-0.39, 0.29) is 0 Å². The maximum atomic E-state index is 9.10. The molecule has 2 rings (SSSR count). The van der Waals surface area contributed by atoms with Crippen LogP contribution in [0.4, 0.5) is 0 Å². The molecule has 1 heterocycles. The van der Waals surface area contributed by atoms with Crippen LogP contribution < -0.4 is 9.47 Å². The quantitative estimate of drug-likeness (QED) is 0.386. The molecule has 0 spiro atoms. The highest BCUT2D eigenvalue weighted by Crippen LogP contribution is 2.25. The molecule has 9 nitrogen and oxygen atoms in total. The predicted molar refractivity (Wildman–Crippen MR) is 96.9 cm³/mol. The van der Waals surface area contributed by atoms with Gasteiger partial charge in [-0.3, -0.25) is 4.68 Å². The normalized spacial score (nSPS) is 9.67. The highest BCUT2D eigenvalue weighted by Gasteiger charge is 2.05. The van der Waals surface area contributed by atoms with Crippen molar-refractivity contribution in [3.63, 3.8) is 0 Å². The number of aryl methyl sites for hydroxylation is 1. The number of carboxylic acid groups (broad SMARTS) is 2. The van der Waals surface area contributed by atoms with Gasteiger partial charge in [0, 0.05) is 12.1 Å². The average molecular weight is 377 g/mol. The van der Waals surface area contributed by atoms with Crippen LogP contribution in [-0.2, 0) is 22.6 Å². The summed E-state index contributed by atoms with van der Waals surface area (Å²) in [6.45, 7) is 5.33. The number of methoxy groups -OCH3 is 1. The van der Waals surface area contributed by atoms with E-state index >= 15 is 0 Å². The van der Waals surface area contributed by atoms with Crippen molar-refractivity contribution in [1.82, 2.24) is 14.8 Å². The molecular formula is C18H23N3O6. The lowest BCUT2D eigenvalue weighted by molar-refractivity contribution is -0.159. The van der Waals surface area contributed by atoms with Crippen LogP contribution in [0, 0.1) is 0 Å². The number of rotatable bonds is 9. The van der Waals surface area contributed by atoms with Crippen LogP contribution in [0.5, 0.6) is 11.5 Å². The number of benzene rings is 1. The van der Waals surface area contributed by atoms with E-state index in [1.54, 1.807) is 19.8 Å². The summed E-state index contributed by atoms with van der Waals surface area (Å²) in [6.07, 6.45) is 7.90. The first kappa shape index (κ1) is 21.7. The van der Waals surface area contributed by atoms with Gasteiger partial charge < -0.3 is 19.7 Å². The van der Waals surface area contributed by atoms with Gasteiger partial charge in [-0.05, 0) is 37.5 Å². The summed E-state index contributed by atoms with van der Waals surface area (Å²) in [5.74, 6) is -1.91.